The fourth-order valence-electron chi connectivity index (χ4n) is 1.44. The van der Waals surface area contributed by atoms with Crippen molar-refractivity contribution in [3.63, 3.8) is 0 Å². The van der Waals surface area contributed by atoms with Gasteiger partial charge in [0.25, 0.3) is 5.91 Å². The Morgan fingerprint density at radius 2 is 2.38 bits per heavy atom. The maximum Gasteiger partial charge on any atom is 0.266 e. The number of aryl methyl sites for hydroxylation is 1. The fraction of sp³-hybridized carbons (Fsp3) is 0.300. The zero-order valence-corrected chi connectivity index (χ0v) is 10.6. The van der Waals surface area contributed by atoms with Crippen LogP contribution < -0.4 is 0 Å². The van der Waals surface area contributed by atoms with Crippen molar-refractivity contribution < 1.29 is 4.79 Å². The van der Waals surface area contributed by atoms with Gasteiger partial charge < -0.3 is 0 Å². The minimum atomic E-state index is -0.0126. The summed E-state index contributed by atoms with van der Waals surface area (Å²) >= 11 is 6.46. The van der Waals surface area contributed by atoms with Gasteiger partial charge in [-0.1, -0.05) is 24.0 Å². The first-order chi connectivity index (χ1) is 7.61. The summed E-state index contributed by atoms with van der Waals surface area (Å²) in [6.07, 6.45) is 5.40. The molecule has 1 aromatic heterocycles. The van der Waals surface area contributed by atoms with E-state index in [2.05, 4.69) is 5.10 Å². The number of carbonyl (C=O) groups excluding carboxylic acids is 1. The number of rotatable bonds is 2. The van der Waals surface area contributed by atoms with Crippen molar-refractivity contribution in [3.8, 4) is 0 Å². The van der Waals surface area contributed by atoms with E-state index in [-0.39, 0.29) is 5.91 Å². The van der Waals surface area contributed by atoms with Crippen molar-refractivity contribution in [1.82, 2.24) is 14.7 Å². The third-order valence-corrected chi connectivity index (χ3v) is 3.59. The second-order valence-corrected chi connectivity index (χ2v) is 5.05. The molecular weight excluding hydrogens is 242 g/mol. The molecule has 0 unspecified atom stereocenters. The number of hydrogen-bond acceptors (Lipinski definition) is 4. The number of thiocarbonyl (C=S) groups is 1. The summed E-state index contributed by atoms with van der Waals surface area (Å²) < 4.78 is 2.33. The zero-order valence-electron chi connectivity index (χ0n) is 9.01. The number of nitrogens with zero attached hydrogens (tertiary/aromatic N) is 3. The summed E-state index contributed by atoms with van der Waals surface area (Å²) in [5, 5.41) is 4.05. The zero-order chi connectivity index (χ0) is 11.7. The second-order valence-electron chi connectivity index (χ2n) is 3.37. The molecule has 0 N–H and O–H groups in total. The van der Waals surface area contributed by atoms with Crippen molar-refractivity contribution in [2.75, 3.05) is 6.54 Å². The Morgan fingerprint density at radius 1 is 1.62 bits per heavy atom. The highest BCUT2D eigenvalue weighted by atomic mass is 32.2. The molecule has 2 rings (SSSR count). The Kier molecular flexibility index (Phi) is 3.11. The van der Waals surface area contributed by atoms with E-state index < -0.39 is 0 Å². The Labute approximate surface area is 103 Å². The molecule has 0 bridgehead atoms. The van der Waals surface area contributed by atoms with Crippen LogP contribution in [-0.4, -0.2) is 31.5 Å². The molecule has 0 aromatic carbocycles. The molecule has 0 radical (unpaired) electrons. The highest BCUT2D eigenvalue weighted by molar-refractivity contribution is 8.26. The largest absolute Gasteiger partial charge is 0.293 e. The number of thioether (sulfide) groups is 1. The van der Waals surface area contributed by atoms with Crippen LogP contribution in [0.1, 0.15) is 12.5 Å². The van der Waals surface area contributed by atoms with Crippen molar-refractivity contribution in [2.45, 2.75) is 6.92 Å². The van der Waals surface area contributed by atoms with Gasteiger partial charge in [-0.15, -0.1) is 0 Å². The van der Waals surface area contributed by atoms with Gasteiger partial charge in [0.1, 0.15) is 4.32 Å². The van der Waals surface area contributed by atoms with E-state index in [1.807, 2.05) is 26.2 Å². The Hall–Kier alpha value is -1.14. The molecule has 0 saturated carbocycles. The first-order valence-corrected chi connectivity index (χ1v) is 6.08. The molecule has 1 saturated heterocycles. The van der Waals surface area contributed by atoms with Crippen LogP contribution in [0.25, 0.3) is 6.08 Å². The van der Waals surface area contributed by atoms with Crippen LogP contribution >= 0.6 is 24.0 Å². The highest BCUT2D eigenvalue weighted by Gasteiger charge is 2.30. The summed E-state index contributed by atoms with van der Waals surface area (Å²) in [7, 11) is 1.84. The number of likely N-dealkylation sites (N-methyl/N-ethyl adjacent to an activating group) is 1. The van der Waals surface area contributed by atoms with Gasteiger partial charge >= 0.3 is 0 Å². The Balaban J connectivity index is 2.27. The summed E-state index contributed by atoms with van der Waals surface area (Å²) in [5.74, 6) is -0.0126. The van der Waals surface area contributed by atoms with Gasteiger partial charge in [0, 0.05) is 25.4 Å². The van der Waals surface area contributed by atoms with E-state index in [4.69, 9.17) is 12.2 Å². The number of aromatic nitrogens is 2. The number of amides is 1. The molecular formula is C10H11N3OS2. The van der Waals surface area contributed by atoms with Crippen molar-refractivity contribution in [3.05, 3.63) is 22.9 Å². The lowest BCUT2D eigenvalue weighted by atomic mass is 10.3. The average Bonchev–Trinajstić information content (AvgIpc) is 2.74. The van der Waals surface area contributed by atoms with Crippen molar-refractivity contribution in [2.24, 2.45) is 7.05 Å². The van der Waals surface area contributed by atoms with E-state index in [9.17, 15) is 4.79 Å². The SMILES string of the molecule is CCN1C(=O)C(=Cc2cnn(C)c2)SC1=S. The molecule has 1 aromatic rings. The predicted molar refractivity (Wildman–Crippen MR) is 68.8 cm³/mol. The van der Waals surface area contributed by atoms with Gasteiger partial charge in [0.15, 0.2) is 0 Å². The van der Waals surface area contributed by atoms with Gasteiger partial charge in [-0.25, -0.2) is 0 Å². The Bertz CT molecular complexity index is 478. The summed E-state index contributed by atoms with van der Waals surface area (Å²) in [6.45, 7) is 2.53. The van der Waals surface area contributed by atoms with Gasteiger partial charge in [0.05, 0.1) is 11.1 Å². The van der Waals surface area contributed by atoms with Gasteiger partial charge in [-0.3, -0.25) is 14.4 Å². The molecule has 1 amide bonds. The van der Waals surface area contributed by atoms with E-state index in [0.29, 0.717) is 15.8 Å². The standard InChI is InChI=1S/C10H11N3OS2/c1-3-13-9(14)8(16-10(13)15)4-7-5-11-12(2)6-7/h4-6H,3H2,1-2H3. The first-order valence-electron chi connectivity index (χ1n) is 4.86. The maximum absolute atomic E-state index is 11.9. The molecule has 6 heteroatoms. The molecule has 0 spiro atoms. The molecule has 1 aliphatic heterocycles. The predicted octanol–water partition coefficient (Wildman–Crippen LogP) is 1.64. The van der Waals surface area contributed by atoms with Gasteiger partial charge in [0.2, 0.25) is 0 Å². The fourth-order valence-corrected chi connectivity index (χ4v) is 2.82. The van der Waals surface area contributed by atoms with Crippen LogP contribution in [0.15, 0.2) is 17.3 Å². The third-order valence-electron chi connectivity index (χ3n) is 2.21. The van der Waals surface area contributed by atoms with Crippen molar-refractivity contribution >= 4 is 40.3 Å². The molecule has 84 valence electrons. The molecule has 2 heterocycles. The smallest absolute Gasteiger partial charge is 0.266 e. The topological polar surface area (TPSA) is 38.1 Å². The lowest BCUT2D eigenvalue weighted by Gasteiger charge is -2.09. The number of hydrogen-bond donors (Lipinski definition) is 0. The van der Waals surface area contributed by atoms with E-state index in [1.165, 1.54) is 11.8 Å². The van der Waals surface area contributed by atoms with E-state index in [1.54, 1.807) is 15.8 Å². The van der Waals surface area contributed by atoms with Crippen LogP contribution in [0.5, 0.6) is 0 Å². The van der Waals surface area contributed by atoms with Crippen LogP contribution in [0.3, 0.4) is 0 Å². The minimum absolute atomic E-state index is 0.0126. The minimum Gasteiger partial charge on any atom is -0.293 e. The molecule has 1 aliphatic rings. The summed E-state index contributed by atoms with van der Waals surface area (Å²) in [5.41, 5.74) is 0.916. The van der Waals surface area contributed by atoms with Crippen LogP contribution in [0.2, 0.25) is 0 Å². The maximum atomic E-state index is 11.9. The normalized spacial score (nSPS) is 18.9. The van der Waals surface area contributed by atoms with Crippen LogP contribution in [0, 0.1) is 0 Å². The molecule has 0 aliphatic carbocycles. The quantitative estimate of drug-likeness (QED) is 0.593. The third kappa shape index (κ3) is 2.03. The van der Waals surface area contributed by atoms with E-state index in [0.717, 1.165) is 5.56 Å². The first kappa shape index (κ1) is 11.3. The molecule has 4 nitrogen and oxygen atoms in total. The molecule has 0 atom stereocenters. The Morgan fingerprint density at radius 3 is 2.88 bits per heavy atom. The average molecular weight is 253 g/mol. The summed E-state index contributed by atoms with van der Waals surface area (Å²) in [4.78, 5) is 14.1. The monoisotopic (exact) mass is 253 g/mol. The number of carbonyl (C=O) groups is 1. The van der Waals surface area contributed by atoms with Gasteiger partial charge in [-0.2, -0.15) is 5.10 Å². The van der Waals surface area contributed by atoms with Gasteiger partial charge in [-0.05, 0) is 13.0 Å². The van der Waals surface area contributed by atoms with Crippen LogP contribution in [0.4, 0.5) is 0 Å². The second kappa shape index (κ2) is 4.39. The lowest BCUT2D eigenvalue weighted by molar-refractivity contribution is -0.121. The van der Waals surface area contributed by atoms with Crippen molar-refractivity contribution in [1.29, 1.82) is 0 Å². The highest BCUT2D eigenvalue weighted by Crippen LogP contribution is 2.31. The molecule has 1 fully saturated rings. The molecule has 16 heavy (non-hydrogen) atoms. The summed E-state index contributed by atoms with van der Waals surface area (Å²) in [6, 6.07) is 0. The lowest BCUT2D eigenvalue weighted by Crippen LogP contribution is -2.27. The van der Waals surface area contributed by atoms with E-state index >= 15 is 0 Å². The van der Waals surface area contributed by atoms with Crippen LogP contribution in [-0.2, 0) is 11.8 Å².